The molecular formula is C24H38O3Si. The van der Waals surface area contributed by atoms with Crippen molar-refractivity contribution in [3.63, 3.8) is 0 Å². The monoisotopic (exact) mass is 402 g/mol. The minimum Gasteiger partial charge on any atom is -0.412 e. The van der Waals surface area contributed by atoms with Crippen molar-refractivity contribution in [3.05, 3.63) is 60.2 Å². The molecule has 0 saturated heterocycles. The molecule has 0 bridgehead atoms. The molecular weight excluding hydrogens is 364 g/mol. The summed E-state index contributed by atoms with van der Waals surface area (Å²) in [6.07, 6.45) is 10.5. The highest BCUT2D eigenvalue weighted by molar-refractivity contribution is 6.74. The van der Waals surface area contributed by atoms with E-state index in [2.05, 4.69) is 52.1 Å². The van der Waals surface area contributed by atoms with Crippen LogP contribution in [0.2, 0.25) is 18.1 Å². The van der Waals surface area contributed by atoms with Crippen molar-refractivity contribution in [1.82, 2.24) is 0 Å². The van der Waals surface area contributed by atoms with E-state index in [0.29, 0.717) is 13.2 Å². The highest BCUT2D eigenvalue weighted by Crippen LogP contribution is 2.37. The zero-order valence-electron chi connectivity index (χ0n) is 18.5. The summed E-state index contributed by atoms with van der Waals surface area (Å²) >= 11 is 0. The van der Waals surface area contributed by atoms with E-state index < -0.39 is 8.32 Å². The molecule has 0 radical (unpaired) electrons. The molecule has 0 aliphatic carbocycles. The number of allylic oxidation sites excluding steroid dienone is 4. The van der Waals surface area contributed by atoms with E-state index in [1.165, 1.54) is 5.56 Å². The second kappa shape index (κ2) is 12.2. The molecule has 4 heteroatoms. The highest BCUT2D eigenvalue weighted by Gasteiger charge is 2.39. The fraction of sp³-hybridized carbons (Fsp3) is 0.542. The van der Waals surface area contributed by atoms with Gasteiger partial charge in [-0.05, 0) is 56.0 Å². The molecule has 0 aliphatic rings. The van der Waals surface area contributed by atoms with Crippen molar-refractivity contribution in [2.24, 2.45) is 0 Å². The Bertz CT molecular complexity index is 627. The van der Waals surface area contributed by atoms with Gasteiger partial charge in [0, 0.05) is 0 Å². The third-order valence-corrected chi connectivity index (χ3v) is 9.69. The molecule has 0 heterocycles. The Morgan fingerprint density at radius 1 is 1.14 bits per heavy atom. The molecule has 0 saturated carbocycles. The van der Waals surface area contributed by atoms with E-state index in [-0.39, 0.29) is 16.9 Å². The first-order valence-electron chi connectivity index (χ1n) is 10.2. The number of ether oxygens (including phenoxy) is 1. The summed E-state index contributed by atoms with van der Waals surface area (Å²) in [5.41, 5.74) is 1.19. The number of rotatable bonds is 12. The maximum absolute atomic E-state index is 10.9. The molecule has 0 spiro atoms. The first-order valence-corrected chi connectivity index (χ1v) is 13.2. The summed E-state index contributed by atoms with van der Waals surface area (Å²) in [5.74, 6) is 0.0723. The molecule has 0 N–H and O–H groups in total. The number of unbranched alkanes of at least 4 members (excludes halogenated alkanes) is 1. The van der Waals surface area contributed by atoms with Crippen LogP contribution in [0.5, 0.6) is 0 Å². The summed E-state index contributed by atoms with van der Waals surface area (Å²) in [5, 5.41) is 0.183. The fourth-order valence-electron chi connectivity index (χ4n) is 2.48. The van der Waals surface area contributed by atoms with Gasteiger partial charge in [-0.25, -0.2) is 0 Å². The van der Waals surface area contributed by atoms with Gasteiger partial charge in [-0.1, -0.05) is 69.3 Å². The standard InChI is InChI=1S/C24H38O3Si/c1-21(25)15-11-8-7-9-14-18-23(27-28(5,6)24(2,3)4)20-26-19-22-16-12-10-13-17-22/h7-8,10-13,15-17,23H,9,14,18-20H2,1-6H3/b8-7+,15-11+/t23-/m0/s1. The SMILES string of the molecule is CC(=O)/C=C/C=C/CCC[C@@H](COCc1ccccc1)O[Si](C)(C)C(C)(C)C. The lowest BCUT2D eigenvalue weighted by Crippen LogP contribution is -2.45. The third kappa shape index (κ3) is 10.2. The first kappa shape index (κ1) is 24.5. The minimum absolute atomic E-state index is 0.0723. The van der Waals surface area contributed by atoms with Crippen molar-refractivity contribution in [2.75, 3.05) is 6.61 Å². The molecule has 1 atom stereocenters. The molecule has 0 amide bonds. The van der Waals surface area contributed by atoms with Crippen LogP contribution in [0.1, 0.15) is 52.5 Å². The van der Waals surface area contributed by atoms with Crippen LogP contribution < -0.4 is 0 Å². The van der Waals surface area contributed by atoms with E-state index >= 15 is 0 Å². The zero-order chi connectivity index (χ0) is 21.0. The number of benzene rings is 1. The van der Waals surface area contributed by atoms with Gasteiger partial charge in [-0.3, -0.25) is 4.79 Å². The molecule has 0 aliphatic heterocycles. The van der Waals surface area contributed by atoms with Crippen molar-refractivity contribution in [2.45, 2.75) is 77.8 Å². The Hall–Kier alpha value is -1.49. The van der Waals surface area contributed by atoms with Crippen molar-refractivity contribution in [1.29, 1.82) is 0 Å². The first-order chi connectivity index (χ1) is 13.1. The van der Waals surface area contributed by atoms with Crippen molar-refractivity contribution in [3.8, 4) is 0 Å². The van der Waals surface area contributed by atoms with Gasteiger partial charge in [0.05, 0.1) is 19.3 Å². The lowest BCUT2D eigenvalue weighted by atomic mass is 10.1. The number of hydrogen-bond acceptors (Lipinski definition) is 3. The molecule has 3 nitrogen and oxygen atoms in total. The van der Waals surface area contributed by atoms with Crippen LogP contribution in [0.4, 0.5) is 0 Å². The van der Waals surface area contributed by atoms with Gasteiger partial charge in [0.15, 0.2) is 14.1 Å². The van der Waals surface area contributed by atoms with Gasteiger partial charge in [0.25, 0.3) is 0 Å². The Morgan fingerprint density at radius 3 is 2.43 bits per heavy atom. The second-order valence-electron chi connectivity index (χ2n) is 8.83. The predicted molar refractivity (Wildman–Crippen MR) is 121 cm³/mol. The minimum atomic E-state index is -1.84. The maximum Gasteiger partial charge on any atom is 0.192 e. The molecule has 1 aromatic rings. The molecule has 156 valence electrons. The van der Waals surface area contributed by atoms with E-state index in [1.54, 1.807) is 19.1 Å². The zero-order valence-corrected chi connectivity index (χ0v) is 19.5. The van der Waals surface area contributed by atoms with Crippen molar-refractivity contribution >= 4 is 14.1 Å². The maximum atomic E-state index is 10.9. The summed E-state index contributed by atoms with van der Waals surface area (Å²) in [7, 11) is -1.84. The van der Waals surface area contributed by atoms with E-state index in [9.17, 15) is 4.79 Å². The number of hydrogen-bond donors (Lipinski definition) is 0. The van der Waals surface area contributed by atoms with Crippen LogP contribution in [-0.4, -0.2) is 26.8 Å². The van der Waals surface area contributed by atoms with Crippen LogP contribution in [0.3, 0.4) is 0 Å². The van der Waals surface area contributed by atoms with Gasteiger partial charge in [-0.2, -0.15) is 0 Å². The second-order valence-corrected chi connectivity index (χ2v) is 13.6. The van der Waals surface area contributed by atoms with E-state index in [0.717, 1.165) is 19.3 Å². The number of ketones is 1. The molecule has 1 rings (SSSR count). The summed E-state index contributed by atoms with van der Waals surface area (Å²) < 4.78 is 12.6. The Kier molecular flexibility index (Phi) is 10.7. The van der Waals surface area contributed by atoms with Gasteiger partial charge in [0.1, 0.15) is 0 Å². The van der Waals surface area contributed by atoms with Gasteiger partial charge < -0.3 is 9.16 Å². The van der Waals surface area contributed by atoms with Crippen LogP contribution in [0, 0.1) is 0 Å². The van der Waals surface area contributed by atoms with Gasteiger partial charge in [0.2, 0.25) is 0 Å². The van der Waals surface area contributed by atoms with E-state index in [4.69, 9.17) is 9.16 Å². The Balaban J connectivity index is 2.55. The van der Waals surface area contributed by atoms with E-state index in [1.807, 2.05) is 24.3 Å². The summed E-state index contributed by atoms with van der Waals surface area (Å²) in [6, 6.07) is 10.3. The molecule has 0 aromatic heterocycles. The lowest BCUT2D eigenvalue weighted by Gasteiger charge is -2.39. The Morgan fingerprint density at radius 2 is 1.82 bits per heavy atom. The Labute approximate surface area is 173 Å². The van der Waals surface area contributed by atoms with Crippen LogP contribution >= 0.6 is 0 Å². The summed E-state index contributed by atoms with van der Waals surface area (Å²) in [4.78, 5) is 10.9. The average Bonchev–Trinajstić information content (AvgIpc) is 2.60. The highest BCUT2D eigenvalue weighted by atomic mass is 28.4. The average molecular weight is 403 g/mol. The van der Waals surface area contributed by atoms with Crippen LogP contribution in [-0.2, 0) is 20.6 Å². The molecule has 0 unspecified atom stereocenters. The smallest absolute Gasteiger partial charge is 0.192 e. The predicted octanol–water partition coefficient (Wildman–Crippen LogP) is 6.47. The quantitative estimate of drug-likeness (QED) is 0.174. The van der Waals surface area contributed by atoms with Crippen LogP contribution in [0.15, 0.2) is 54.6 Å². The third-order valence-electron chi connectivity index (χ3n) is 5.16. The normalized spacial score (nSPS) is 14.1. The number of carbonyl (C=O) groups excluding carboxylic acids is 1. The summed E-state index contributed by atoms with van der Waals surface area (Å²) in [6.45, 7) is 14.2. The fourth-order valence-corrected chi connectivity index (χ4v) is 3.85. The molecule has 28 heavy (non-hydrogen) atoms. The largest absolute Gasteiger partial charge is 0.412 e. The van der Waals surface area contributed by atoms with Crippen molar-refractivity contribution < 1.29 is 14.0 Å². The topological polar surface area (TPSA) is 35.5 Å². The van der Waals surface area contributed by atoms with Gasteiger partial charge >= 0.3 is 0 Å². The van der Waals surface area contributed by atoms with Crippen LogP contribution in [0.25, 0.3) is 0 Å². The number of carbonyl (C=O) groups is 1. The molecule has 0 fully saturated rings. The molecule has 1 aromatic carbocycles. The lowest BCUT2D eigenvalue weighted by molar-refractivity contribution is -0.112. The van der Waals surface area contributed by atoms with Gasteiger partial charge in [-0.15, -0.1) is 0 Å².